The third kappa shape index (κ3) is 3.53. The molecule has 0 radical (unpaired) electrons. The number of halogens is 4. The minimum absolute atomic E-state index is 0.0106. The predicted molar refractivity (Wildman–Crippen MR) is 108 cm³/mol. The highest BCUT2D eigenvalue weighted by atomic mass is 35.5. The molecular weight excluding hydrogens is 398 g/mol. The topological polar surface area (TPSA) is 6.48 Å². The summed E-state index contributed by atoms with van der Waals surface area (Å²) in [6.45, 7) is 6.85. The Morgan fingerprint density at radius 1 is 0.720 bits per heavy atom. The standard InChI is InChI=1S/C19H20Cl4N2/c1-3-24-11-25(4-2)19(17-14(22)9-6-10-15(17)23)18(24)16-12(20)7-5-8-13(16)21/h5-10,18-19H,3-4,11H2,1-2H3/t18-,19+. The number of rotatable bonds is 4. The number of benzene rings is 2. The molecule has 0 spiro atoms. The molecule has 1 saturated heterocycles. The van der Waals surface area contributed by atoms with Gasteiger partial charge in [-0.05, 0) is 37.4 Å². The van der Waals surface area contributed by atoms with E-state index in [1.165, 1.54) is 0 Å². The van der Waals surface area contributed by atoms with Crippen LogP contribution in [0, 0.1) is 0 Å². The third-order valence-corrected chi connectivity index (χ3v) is 6.17. The van der Waals surface area contributed by atoms with Crippen molar-refractivity contribution in [3.63, 3.8) is 0 Å². The second-order valence-corrected chi connectivity index (χ2v) is 7.74. The monoisotopic (exact) mass is 416 g/mol. The molecule has 0 unspecified atom stereocenters. The molecule has 2 atom stereocenters. The molecule has 1 heterocycles. The molecule has 1 fully saturated rings. The minimum Gasteiger partial charge on any atom is -0.282 e. The van der Waals surface area contributed by atoms with Crippen molar-refractivity contribution in [1.29, 1.82) is 0 Å². The minimum atomic E-state index is -0.0106. The van der Waals surface area contributed by atoms with E-state index in [1.54, 1.807) is 0 Å². The van der Waals surface area contributed by atoms with E-state index in [0.29, 0.717) is 20.1 Å². The van der Waals surface area contributed by atoms with E-state index in [2.05, 4.69) is 23.6 Å². The van der Waals surface area contributed by atoms with Gasteiger partial charge < -0.3 is 0 Å². The Balaban J connectivity index is 2.21. The zero-order chi connectivity index (χ0) is 18.1. The van der Waals surface area contributed by atoms with Gasteiger partial charge in [0.15, 0.2) is 0 Å². The van der Waals surface area contributed by atoms with Gasteiger partial charge in [-0.15, -0.1) is 0 Å². The summed E-state index contributed by atoms with van der Waals surface area (Å²) in [5, 5.41) is 2.67. The molecule has 2 aromatic carbocycles. The van der Waals surface area contributed by atoms with E-state index in [-0.39, 0.29) is 12.1 Å². The molecule has 1 aliphatic heterocycles. The maximum Gasteiger partial charge on any atom is 0.0588 e. The highest BCUT2D eigenvalue weighted by Gasteiger charge is 2.43. The van der Waals surface area contributed by atoms with Crippen molar-refractivity contribution < 1.29 is 0 Å². The molecule has 0 N–H and O–H groups in total. The first-order valence-corrected chi connectivity index (χ1v) is 9.86. The first kappa shape index (κ1) is 19.3. The van der Waals surface area contributed by atoms with Gasteiger partial charge in [-0.3, -0.25) is 9.80 Å². The molecule has 25 heavy (non-hydrogen) atoms. The molecule has 0 aliphatic carbocycles. The van der Waals surface area contributed by atoms with E-state index in [0.717, 1.165) is 30.9 Å². The van der Waals surface area contributed by atoms with Gasteiger partial charge in [0.1, 0.15) is 0 Å². The van der Waals surface area contributed by atoms with Crippen molar-refractivity contribution in [3.8, 4) is 0 Å². The van der Waals surface area contributed by atoms with E-state index in [9.17, 15) is 0 Å². The fourth-order valence-corrected chi connectivity index (χ4v) is 4.91. The van der Waals surface area contributed by atoms with Gasteiger partial charge in [-0.25, -0.2) is 0 Å². The molecule has 0 amide bonds. The van der Waals surface area contributed by atoms with Crippen LogP contribution < -0.4 is 0 Å². The van der Waals surface area contributed by atoms with Crippen LogP contribution >= 0.6 is 46.4 Å². The number of likely N-dealkylation sites (N-methyl/N-ethyl adjacent to an activating group) is 2. The normalized spacial score (nSPS) is 21.8. The fourth-order valence-electron chi connectivity index (χ4n) is 3.67. The van der Waals surface area contributed by atoms with Crippen molar-refractivity contribution in [2.45, 2.75) is 25.9 Å². The highest BCUT2D eigenvalue weighted by molar-refractivity contribution is 6.37. The number of nitrogens with zero attached hydrogens (tertiary/aromatic N) is 2. The Morgan fingerprint density at radius 3 is 1.32 bits per heavy atom. The van der Waals surface area contributed by atoms with Crippen LogP contribution in [-0.2, 0) is 0 Å². The second-order valence-electron chi connectivity index (χ2n) is 6.11. The van der Waals surface area contributed by atoms with Crippen molar-refractivity contribution in [2.24, 2.45) is 0 Å². The van der Waals surface area contributed by atoms with E-state index >= 15 is 0 Å². The summed E-state index contributed by atoms with van der Waals surface area (Å²) in [5.74, 6) is 0. The van der Waals surface area contributed by atoms with Crippen LogP contribution in [0.4, 0.5) is 0 Å². The van der Waals surface area contributed by atoms with Gasteiger partial charge in [-0.1, -0.05) is 72.4 Å². The Hall–Kier alpha value is -0.480. The van der Waals surface area contributed by atoms with Crippen LogP contribution in [0.2, 0.25) is 20.1 Å². The summed E-state index contributed by atoms with van der Waals surface area (Å²) >= 11 is 26.2. The zero-order valence-corrected chi connectivity index (χ0v) is 17.2. The van der Waals surface area contributed by atoms with Crippen molar-refractivity contribution in [2.75, 3.05) is 19.8 Å². The number of hydrogen-bond donors (Lipinski definition) is 0. The molecule has 6 heteroatoms. The van der Waals surface area contributed by atoms with Gasteiger partial charge in [0.25, 0.3) is 0 Å². The third-order valence-electron chi connectivity index (χ3n) is 4.85. The first-order chi connectivity index (χ1) is 12.0. The van der Waals surface area contributed by atoms with Crippen LogP contribution in [-0.4, -0.2) is 29.6 Å². The molecule has 3 rings (SSSR count). The smallest absolute Gasteiger partial charge is 0.0588 e. The van der Waals surface area contributed by atoms with Gasteiger partial charge >= 0.3 is 0 Å². The van der Waals surface area contributed by atoms with E-state index in [4.69, 9.17) is 46.4 Å². The van der Waals surface area contributed by atoms with Gasteiger partial charge in [0.05, 0.1) is 18.8 Å². The lowest BCUT2D eigenvalue weighted by atomic mass is 9.92. The Morgan fingerprint density at radius 2 is 1.04 bits per heavy atom. The average molecular weight is 418 g/mol. The lowest BCUT2D eigenvalue weighted by molar-refractivity contribution is 0.233. The van der Waals surface area contributed by atoms with Crippen LogP contribution in [0.1, 0.15) is 37.1 Å². The molecule has 0 aromatic heterocycles. The first-order valence-electron chi connectivity index (χ1n) is 8.35. The summed E-state index contributed by atoms with van der Waals surface area (Å²) in [5.41, 5.74) is 1.87. The predicted octanol–water partition coefficient (Wildman–Crippen LogP) is 6.70. The van der Waals surface area contributed by atoms with Gasteiger partial charge in [0.2, 0.25) is 0 Å². The molecule has 1 aliphatic rings. The lowest BCUT2D eigenvalue weighted by Gasteiger charge is -2.31. The van der Waals surface area contributed by atoms with Gasteiger partial charge in [0, 0.05) is 31.2 Å². The van der Waals surface area contributed by atoms with Crippen LogP contribution in [0.15, 0.2) is 36.4 Å². The van der Waals surface area contributed by atoms with Gasteiger partial charge in [-0.2, -0.15) is 0 Å². The Bertz CT molecular complexity index is 661. The summed E-state index contributed by atoms with van der Waals surface area (Å²) in [6, 6.07) is 11.3. The molecule has 134 valence electrons. The SMILES string of the molecule is CCN1CN(CC)[C@@H](c2c(Cl)cccc2Cl)[C@H]1c1c(Cl)cccc1Cl. The Labute approximate surface area is 169 Å². The highest BCUT2D eigenvalue weighted by Crippen LogP contribution is 2.50. The summed E-state index contributed by atoms with van der Waals surface area (Å²) in [7, 11) is 0. The fraction of sp³-hybridized carbons (Fsp3) is 0.368. The quantitative estimate of drug-likeness (QED) is 0.546. The maximum atomic E-state index is 6.56. The molecular formula is C19H20Cl4N2. The van der Waals surface area contributed by atoms with Crippen molar-refractivity contribution in [3.05, 3.63) is 67.6 Å². The maximum absolute atomic E-state index is 6.56. The van der Waals surface area contributed by atoms with Crippen molar-refractivity contribution >= 4 is 46.4 Å². The van der Waals surface area contributed by atoms with Crippen LogP contribution in [0.25, 0.3) is 0 Å². The number of hydrogen-bond acceptors (Lipinski definition) is 2. The summed E-state index contributed by atoms with van der Waals surface area (Å²) in [6.07, 6.45) is 0. The molecule has 2 nitrogen and oxygen atoms in total. The summed E-state index contributed by atoms with van der Waals surface area (Å²) < 4.78 is 0. The average Bonchev–Trinajstić information content (AvgIpc) is 2.93. The van der Waals surface area contributed by atoms with Crippen LogP contribution in [0.3, 0.4) is 0 Å². The molecule has 0 bridgehead atoms. The van der Waals surface area contributed by atoms with Crippen molar-refractivity contribution in [1.82, 2.24) is 9.80 Å². The summed E-state index contributed by atoms with van der Waals surface area (Å²) in [4.78, 5) is 4.72. The molecule has 0 saturated carbocycles. The van der Waals surface area contributed by atoms with E-state index < -0.39 is 0 Å². The largest absolute Gasteiger partial charge is 0.282 e. The second kappa shape index (κ2) is 8.04. The van der Waals surface area contributed by atoms with E-state index in [1.807, 2.05) is 36.4 Å². The Kier molecular flexibility index (Phi) is 6.20. The zero-order valence-electron chi connectivity index (χ0n) is 14.1. The molecule has 2 aromatic rings. The van der Waals surface area contributed by atoms with Crippen LogP contribution in [0.5, 0.6) is 0 Å². The lowest BCUT2D eigenvalue weighted by Crippen LogP contribution is -2.26.